The van der Waals surface area contributed by atoms with Crippen molar-refractivity contribution < 1.29 is 19.1 Å². The second-order valence-electron chi connectivity index (χ2n) is 4.94. The van der Waals surface area contributed by atoms with Crippen LogP contribution in [-0.2, 0) is 9.53 Å². The van der Waals surface area contributed by atoms with Crippen molar-refractivity contribution in [3.63, 3.8) is 0 Å². The Morgan fingerprint density at radius 1 is 1.12 bits per heavy atom. The van der Waals surface area contributed by atoms with Gasteiger partial charge in [-0.2, -0.15) is 0 Å². The summed E-state index contributed by atoms with van der Waals surface area (Å²) < 4.78 is 5.04. The van der Waals surface area contributed by atoms with Crippen LogP contribution in [-0.4, -0.2) is 28.9 Å². The Kier molecular flexibility index (Phi) is 5.95. The summed E-state index contributed by atoms with van der Waals surface area (Å²) in [5.41, 5.74) is 5.67. The van der Waals surface area contributed by atoms with Crippen LogP contribution in [0, 0.1) is 0 Å². The lowest BCUT2D eigenvalue weighted by atomic mass is 10.2. The predicted octanol–water partition coefficient (Wildman–Crippen LogP) is 2.67. The maximum Gasteiger partial charge on any atom is 0.359 e. The highest BCUT2D eigenvalue weighted by Gasteiger charge is 2.22. The molecule has 1 aromatic carbocycles. The van der Waals surface area contributed by atoms with E-state index in [9.17, 15) is 14.4 Å². The van der Waals surface area contributed by atoms with E-state index in [-0.39, 0.29) is 15.9 Å². The minimum Gasteiger partial charge on any atom is -0.448 e. The molecule has 25 heavy (non-hydrogen) atoms. The molecule has 0 spiro atoms. The molecule has 1 heterocycles. The molecule has 130 valence electrons. The first-order chi connectivity index (χ1) is 11.8. The third kappa shape index (κ3) is 4.91. The molecule has 0 bridgehead atoms. The number of halogens is 2. The fraction of sp³-hybridized carbons (Fsp3) is 0.125. The van der Waals surface area contributed by atoms with Crippen LogP contribution < -0.4 is 11.1 Å². The molecule has 0 saturated heterocycles. The molecule has 1 atom stereocenters. The zero-order valence-electron chi connectivity index (χ0n) is 13.0. The first kappa shape index (κ1) is 18.7. The summed E-state index contributed by atoms with van der Waals surface area (Å²) in [6, 6.07) is 8.75. The van der Waals surface area contributed by atoms with Gasteiger partial charge in [-0.25, -0.2) is 9.78 Å². The zero-order chi connectivity index (χ0) is 18.6. The van der Waals surface area contributed by atoms with Crippen LogP contribution >= 0.6 is 23.2 Å². The highest BCUT2D eigenvalue weighted by atomic mass is 35.5. The van der Waals surface area contributed by atoms with Gasteiger partial charge in [-0.3, -0.25) is 9.59 Å². The maximum atomic E-state index is 12.1. The molecule has 0 aliphatic rings. The maximum absolute atomic E-state index is 12.1. The Labute approximate surface area is 153 Å². The number of aromatic nitrogens is 1. The van der Waals surface area contributed by atoms with Crippen LogP contribution in [0.1, 0.15) is 27.8 Å². The van der Waals surface area contributed by atoms with Crippen LogP contribution in [0.15, 0.2) is 36.4 Å². The third-order valence-corrected chi connectivity index (χ3v) is 3.61. The van der Waals surface area contributed by atoms with Gasteiger partial charge in [0.15, 0.2) is 11.8 Å². The first-order valence-corrected chi connectivity index (χ1v) is 7.77. The molecule has 2 aromatic rings. The predicted molar refractivity (Wildman–Crippen MR) is 92.7 cm³/mol. The first-order valence-electron chi connectivity index (χ1n) is 7.01. The van der Waals surface area contributed by atoms with Gasteiger partial charge in [0, 0.05) is 11.3 Å². The smallest absolute Gasteiger partial charge is 0.359 e. The van der Waals surface area contributed by atoms with Gasteiger partial charge in [0.1, 0.15) is 5.15 Å². The second kappa shape index (κ2) is 7.96. The fourth-order valence-electron chi connectivity index (χ4n) is 1.79. The number of pyridine rings is 1. The van der Waals surface area contributed by atoms with E-state index in [1.807, 2.05) is 0 Å². The number of carbonyl (C=O) groups excluding carboxylic acids is 3. The Morgan fingerprint density at radius 3 is 2.36 bits per heavy atom. The molecule has 2 rings (SSSR count). The van der Waals surface area contributed by atoms with E-state index in [2.05, 4.69) is 10.3 Å². The second-order valence-corrected chi connectivity index (χ2v) is 5.74. The van der Waals surface area contributed by atoms with Crippen LogP contribution in [0.25, 0.3) is 0 Å². The molecule has 0 unspecified atom stereocenters. The van der Waals surface area contributed by atoms with E-state index in [4.69, 9.17) is 33.7 Å². The number of anilines is 1. The fourth-order valence-corrected chi connectivity index (χ4v) is 2.12. The number of benzene rings is 1. The van der Waals surface area contributed by atoms with Crippen molar-refractivity contribution in [2.45, 2.75) is 13.0 Å². The molecule has 0 aliphatic carbocycles. The quantitative estimate of drug-likeness (QED) is 0.610. The number of nitrogens with zero attached hydrogens (tertiary/aromatic N) is 1. The molecule has 2 amide bonds. The van der Waals surface area contributed by atoms with Gasteiger partial charge >= 0.3 is 5.97 Å². The van der Waals surface area contributed by atoms with Gasteiger partial charge in [-0.15, -0.1) is 0 Å². The van der Waals surface area contributed by atoms with Crippen molar-refractivity contribution in [3.8, 4) is 0 Å². The zero-order valence-corrected chi connectivity index (χ0v) is 14.5. The number of esters is 1. The van der Waals surface area contributed by atoms with Gasteiger partial charge in [-0.05, 0) is 43.3 Å². The van der Waals surface area contributed by atoms with Crippen LogP contribution in [0.2, 0.25) is 10.2 Å². The average molecular weight is 382 g/mol. The topological polar surface area (TPSA) is 111 Å². The van der Waals surface area contributed by atoms with E-state index in [1.54, 1.807) is 0 Å². The van der Waals surface area contributed by atoms with Gasteiger partial charge in [0.25, 0.3) is 5.91 Å². The lowest BCUT2D eigenvalue weighted by Gasteiger charge is -2.14. The highest BCUT2D eigenvalue weighted by molar-refractivity contribution is 6.34. The summed E-state index contributed by atoms with van der Waals surface area (Å²) in [7, 11) is 0. The number of nitrogens with one attached hydrogen (secondary N) is 1. The molecule has 9 heteroatoms. The number of amides is 2. The summed E-state index contributed by atoms with van der Waals surface area (Å²) in [6.45, 7) is 1.39. The number of hydrogen-bond acceptors (Lipinski definition) is 5. The number of rotatable bonds is 5. The van der Waals surface area contributed by atoms with Gasteiger partial charge in [0.05, 0.1) is 5.02 Å². The molecular weight excluding hydrogens is 369 g/mol. The summed E-state index contributed by atoms with van der Waals surface area (Å²) in [5.74, 6) is -2.02. The number of ether oxygens (including phenoxy) is 1. The molecule has 0 saturated carbocycles. The lowest BCUT2D eigenvalue weighted by Crippen LogP contribution is -2.30. The van der Waals surface area contributed by atoms with E-state index in [0.29, 0.717) is 11.3 Å². The number of hydrogen-bond donors (Lipinski definition) is 2. The summed E-state index contributed by atoms with van der Waals surface area (Å²) >= 11 is 11.6. The molecule has 7 nitrogen and oxygen atoms in total. The molecule has 0 radical (unpaired) electrons. The van der Waals surface area contributed by atoms with E-state index >= 15 is 0 Å². The van der Waals surface area contributed by atoms with Crippen molar-refractivity contribution in [3.05, 3.63) is 57.8 Å². The van der Waals surface area contributed by atoms with Crippen molar-refractivity contribution in [1.29, 1.82) is 0 Å². The van der Waals surface area contributed by atoms with Crippen molar-refractivity contribution >= 4 is 46.7 Å². The van der Waals surface area contributed by atoms with Gasteiger partial charge in [0.2, 0.25) is 5.91 Å². The summed E-state index contributed by atoms with van der Waals surface area (Å²) in [4.78, 5) is 38.9. The van der Waals surface area contributed by atoms with Gasteiger partial charge in [-0.1, -0.05) is 23.2 Å². The molecule has 0 aliphatic heterocycles. The van der Waals surface area contributed by atoms with E-state index in [0.717, 1.165) is 0 Å². The van der Waals surface area contributed by atoms with Crippen LogP contribution in [0.4, 0.5) is 5.69 Å². The Bertz CT molecular complexity index is 825. The van der Waals surface area contributed by atoms with Crippen molar-refractivity contribution in [2.24, 2.45) is 5.73 Å². The largest absolute Gasteiger partial charge is 0.448 e. The van der Waals surface area contributed by atoms with E-state index < -0.39 is 23.9 Å². The molecular formula is C16H13Cl2N3O4. The van der Waals surface area contributed by atoms with E-state index in [1.165, 1.54) is 43.3 Å². The van der Waals surface area contributed by atoms with Gasteiger partial charge < -0.3 is 15.8 Å². The Hall–Kier alpha value is -2.64. The monoisotopic (exact) mass is 381 g/mol. The molecule has 0 fully saturated rings. The highest BCUT2D eigenvalue weighted by Crippen LogP contribution is 2.18. The SMILES string of the molecule is C[C@@H](OC(=O)c1nc(Cl)ccc1Cl)C(=O)Nc1ccc(C(N)=O)cc1. The Balaban J connectivity index is 2.01. The van der Waals surface area contributed by atoms with Crippen molar-refractivity contribution in [1.82, 2.24) is 4.98 Å². The average Bonchev–Trinajstić information content (AvgIpc) is 2.57. The number of primary amides is 1. The Morgan fingerprint density at radius 2 is 1.76 bits per heavy atom. The summed E-state index contributed by atoms with van der Waals surface area (Å²) in [5, 5.41) is 2.67. The number of carbonyl (C=O) groups is 3. The van der Waals surface area contributed by atoms with Crippen LogP contribution in [0.5, 0.6) is 0 Å². The van der Waals surface area contributed by atoms with Crippen molar-refractivity contribution in [2.75, 3.05) is 5.32 Å². The lowest BCUT2D eigenvalue weighted by molar-refractivity contribution is -0.123. The normalized spacial score (nSPS) is 11.5. The van der Waals surface area contributed by atoms with Crippen LogP contribution in [0.3, 0.4) is 0 Å². The molecule has 3 N–H and O–H groups in total. The number of nitrogens with two attached hydrogens (primary N) is 1. The minimum absolute atomic E-state index is 0.0593. The summed E-state index contributed by atoms with van der Waals surface area (Å²) in [6.07, 6.45) is -1.11. The molecule has 1 aromatic heterocycles. The standard InChI is InChI=1S/C16H13Cl2N3O4/c1-8(25-16(24)13-11(17)6-7-12(18)21-13)15(23)20-10-4-2-9(3-5-10)14(19)22/h2-8H,1H3,(H2,19,22)(H,20,23)/t8-/m1/s1. The minimum atomic E-state index is -1.11. The third-order valence-electron chi connectivity index (χ3n) is 3.10.